The number of hydrazine groups is 1. The zero-order valence-corrected chi connectivity index (χ0v) is 12.6. The lowest BCUT2D eigenvalue weighted by Gasteiger charge is -2.34. The van der Waals surface area contributed by atoms with Gasteiger partial charge in [-0.05, 0) is 26.2 Å². The van der Waals surface area contributed by atoms with Crippen molar-refractivity contribution in [3.05, 3.63) is 17.8 Å². The van der Waals surface area contributed by atoms with E-state index in [1.807, 2.05) is 4.90 Å². The number of amides is 1. The molecular weight excluding hydrogens is 270 g/mol. The molecule has 1 fully saturated rings. The van der Waals surface area contributed by atoms with Crippen LogP contribution < -0.4 is 11.3 Å². The fraction of sp³-hybridized carbons (Fsp3) is 0.615. The lowest BCUT2D eigenvalue weighted by atomic mass is 10.2. The summed E-state index contributed by atoms with van der Waals surface area (Å²) in [6.07, 6.45) is 0. The number of piperazine rings is 1. The summed E-state index contributed by atoms with van der Waals surface area (Å²) in [4.78, 5) is 18.7. The van der Waals surface area contributed by atoms with Crippen LogP contribution in [0.2, 0.25) is 0 Å². The molecule has 3 N–H and O–H groups in total. The number of nitrogens with one attached hydrogen (secondary N) is 1. The van der Waals surface area contributed by atoms with Crippen molar-refractivity contribution in [2.24, 2.45) is 5.84 Å². The van der Waals surface area contributed by atoms with Gasteiger partial charge in [0.05, 0.1) is 0 Å². The molecule has 1 aliphatic rings. The molecule has 1 aliphatic heterocycles. The molecule has 1 aromatic rings. The summed E-state index contributed by atoms with van der Waals surface area (Å²) in [7, 11) is 4.14. The minimum absolute atomic E-state index is 0.0710. The highest BCUT2D eigenvalue weighted by molar-refractivity contribution is 5.92. The van der Waals surface area contributed by atoms with Crippen LogP contribution in [0.5, 0.6) is 0 Å². The Hall–Kier alpha value is -1.77. The minimum atomic E-state index is -0.0710. The maximum atomic E-state index is 12.3. The van der Waals surface area contributed by atoms with Crippen molar-refractivity contribution >= 4 is 11.7 Å². The zero-order chi connectivity index (χ0) is 15.2. The van der Waals surface area contributed by atoms with Crippen LogP contribution in [-0.4, -0.2) is 84.2 Å². The molecular formula is C13H23N7O. The monoisotopic (exact) mass is 293 g/mol. The van der Waals surface area contributed by atoms with Crippen molar-refractivity contribution in [2.75, 3.05) is 58.8 Å². The van der Waals surface area contributed by atoms with Gasteiger partial charge in [0.1, 0.15) is 0 Å². The molecule has 1 saturated heterocycles. The second-order valence-corrected chi connectivity index (χ2v) is 5.39. The molecule has 0 unspecified atom stereocenters. The van der Waals surface area contributed by atoms with E-state index in [9.17, 15) is 4.79 Å². The van der Waals surface area contributed by atoms with Crippen molar-refractivity contribution in [1.82, 2.24) is 24.9 Å². The maximum absolute atomic E-state index is 12.3. The van der Waals surface area contributed by atoms with E-state index in [1.54, 1.807) is 12.1 Å². The van der Waals surface area contributed by atoms with Crippen molar-refractivity contribution in [1.29, 1.82) is 0 Å². The Kier molecular flexibility index (Phi) is 5.43. The van der Waals surface area contributed by atoms with Crippen molar-refractivity contribution in [2.45, 2.75) is 0 Å². The number of carbonyl (C=O) groups is 1. The molecule has 1 aromatic heterocycles. The number of rotatable bonds is 5. The number of anilines is 1. The Morgan fingerprint density at radius 2 is 2.00 bits per heavy atom. The van der Waals surface area contributed by atoms with Gasteiger partial charge in [-0.15, -0.1) is 10.2 Å². The molecule has 0 aromatic carbocycles. The lowest BCUT2D eigenvalue weighted by Crippen LogP contribution is -2.50. The summed E-state index contributed by atoms with van der Waals surface area (Å²) in [5, 5.41) is 7.73. The highest BCUT2D eigenvalue weighted by atomic mass is 16.2. The first-order valence-electron chi connectivity index (χ1n) is 7.07. The highest BCUT2D eigenvalue weighted by Gasteiger charge is 2.23. The number of carbonyl (C=O) groups excluding carboxylic acids is 1. The van der Waals surface area contributed by atoms with E-state index in [0.717, 1.165) is 39.3 Å². The summed E-state index contributed by atoms with van der Waals surface area (Å²) in [6, 6.07) is 3.29. The fourth-order valence-electron chi connectivity index (χ4n) is 2.20. The van der Waals surface area contributed by atoms with Crippen LogP contribution in [0.4, 0.5) is 5.82 Å². The molecule has 2 heterocycles. The van der Waals surface area contributed by atoms with E-state index in [2.05, 4.69) is 39.5 Å². The van der Waals surface area contributed by atoms with Gasteiger partial charge in [0.2, 0.25) is 0 Å². The van der Waals surface area contributed by atoms with Gasteiger partial charge in [0, 0.05) is 39.3 Å². The average Bonchev–Trinajstić information content (AvgIpc) is 2.53. The molecule has 0 bridgehead atoms. The summed E-state index contributed by atoms with van der Waals surface area (Å²) in [5.74, 6) is 5.60. The normalized spacial score (nSPS) is 16.3. The summed E-state index contributed by atoms with van der Waals surface area (Å²) in [5.41, 5.74) is 2.75. The molecule has 1 amide bonds. The molecule has 0 atom stereocenters. The molecule has 2 rings (SSSR count). The predicted molar refractivity (Wildman–Crippen MR) is 80.7 cm³/mol. The summed E-state index contributed by atoms with van der Waals surface area (Å²) < 4.78 is 0. The van der Waals surface area contributed by atoms with Gasteiger partial charge in [-0.25, -0.2) is 5.84 Å². The number of nitrogens with zero attached hydrogens (tertiary/aromatic N) is 5. The first-order valence-corrected chi connectivity index (χ1v) is 7.07. The van der Waals surface area contributed by atoms with E-state index >= 15 is 0 Å². The van der Waals surface area contributed by atoms with Gasteiger partial charge in [-0.1, -0.05) is 0 Å². The summed E-state index contributed by atoms with van der Waals surface area (Å²) >= 11 is 0. The fourth-order valence-corrected chi connectivity index (χ4v) is 2.20. The molecule has 8 nitrogen and oxygen atoms in total. The van der Waals surface area contributed by atoms with E-state index in [-0.39, 0.29) is 5.91 Å². The second-order valence-electron chi connectivity index (χ2n) is 5.39. The minimum Gasteiger partial charge on any atom is -0.335 e. The Morgan fingerprint density at radius 1 is 1.29 bits per heavy atom. The SMILES string of the molecule is CN(C)CCN1CCN(C(=O)c2ccc(NN)nn2)CC1. The molecule has 0 spiro atoms. The van der Waals surface area contributed by atoms with Gasteiger partial charge >= 0.3 is 0 Å². The number of likely N-dealkylation sites (N-methyl/N-ethyl adjacent to an activating group) is 1. The Morgan fingerprint density at radius 3 is 2.52 bits per heavy atom. The van der Waals surface area contributed by atoms with Gasteiger partial charge in [-0.3, -0.25) is 9.69 Å². The Balaban J connectivity index is 1.84. The first-order chi connectivity index (χ1) is 10.1. The third-order valence-corrected chi connectivity index (χ3v) is 3.55. The van der Waals surface area contributed by atoms with E-state index in [1.165, 1.54) is 0 Å². The van der Waals surface area contributed by atoms with Gasteiger partial charge in [0.15, 0.2) is 11.5 Å². The van der Waals surface area contributed by atoms with E-state index in [4.69, 9.17) is 5.84 Å². The van der Waals surface area contributed by atoms with Crippen LogP contribution >= 0.6 is 0 Å². The largest absolute Gasteiger partial charge is 0.335 e. The van der Waals surface area contributed by atoms with Gasteiger partial charge < -0.3 is 15.2 Å². The van der Waals surface area contributed by atoms with Crippen LogP contribution in [-0.2, 0) is 0 Å². The number of hydrogen-bond acceptors (Lipinski definition) is 7. The van der Waals surface area contributed by atoms with E-state index < -0.39 is 0 Å². The number of aromatic nitrogens is 2. The zero-order valence-electron chi connectivity index (χ0n) is 12.6. The number of nitrogens with two attached hydrogens (primary N) is 1. The predicted octanol–water partition coefficient (Wildman–Crippen LogP) is -0.918. The molecule has 0 radical (unpaired) electrons. The van der Waals surface area contributed by atoms with Crippen molar-refractivity contribution < 1.29 is 4.79 Å². The lowest BCUT2D eigenvalue weighted by molar-refractivity contribution is 0.0623. The maximum Gasteiger partial charge on any atom is 0.274 e. The molecule has 0 saturated carbocycles. The third kappa shape index (κ3) is 4.35. The third-order valence-electron chi connectivity index (χ3n) is 3.55. The number of nitrogen functional groups attached to an aromatic ring is 1. The van der Waals surface area contributed by atoms with Crippen LogP contribution in [0.1, 0.15) is 10.5 Å². The molecule has 8 heteroatoms. The Bertz CT molecular complexity index is 454. The smallest absolute Gasteiger partial charge is 0.274 e. The highest BCUT2D eigenvalue weighted by Crippen LogP contribution is 2.08. The molecule has 21 heavy (non-hydrogen) atoms. The first kappa shape index (κ1) is 15.6. The van der Waals surface area contributed by atoms with E-state index in [0.29, 0.717) is 11.5 Å². The van der Waals surface area contributed by atoms with Crippen LogP contribution in [0, 0.1) is 0 Å². The van der Waals surface area contributed by atoms with Gasteiger partial charge in [0.25, 0.3) is 5.91 Å². The van der Waals surface area contributed by atoms with Crippen molar-refractivity contribution in [3.63, 3.8) is 0 Å². The topological polar surface area (TPSA) is 90.6 Å². The quantitative estimate of drug-likeness (QED) is 0.536. The van der Waals surface area contributed by atoms with Crippen LogP contribution in [0.25, 0.3) is 0 Å². The number of hydrogen-bond donors (Lipinski definition) is 2. The second kappa shape index (κ2) is 7.30. The van der Waals surface area contributed by atoms with Crippen LogP contribution in [0.15, 0.2) is 12.1 Å². The van der Waals surface area contributed by atoms with Crippen LogP contribution in [0.3, 0.4) is 0 Å². The van der Waals surface area contributed by atoms with Crippen molar-refractivity contribution in [3.8, 4) is 0 Å². The standard InChI is InChI=1S/C13H23N7O/c1-18(2)5-6-19-7-9-20(10-8-19)13(21)11-3-4-12(15-14)17-16-11/h3-4H,5-10,14H2,1-2H3,(H,15,17). The average molecular weight is 293 g/mol. The summed E-state index contributed by atoms with van der Waals surface area (Å²) in [6.45, 7) is 5.32. The Labute approximate surface area is 124 Å². The molecule has 0 aliphatic carbocycles. The van der Waals surface area contributed by atoms with Gasteiger partial charge in [-0.2, -0.15) is 0 Å². The molecule has 116 valence electrons.